The van der Waals surface area contributed by atoms with Gasteiger partial charge in [-0.25, -0.2) is 0 Å². The molecule has 0 unspecified atom stereocenters. The highest BCUT2D eigenvalue weighted by atomic mass is 16.5. The number of hydrogen-bond donors (Lipinski definition) is 1. The fraction of sp³-hybridized carbons (Fsp3) is 0.636. The molecule has 0 radical (unpaired) electrons. The Morgan fingerprint density at radius 3 is 2.96 bits per heavy atom. The lowest BCUT2D eigenvalue weighted by Gasteiger charge is -2.69. The predicted molar refractivity (Wildman–Crippen MR) is 99.6 cm³/mol. The molecule has 2 saturated heterocycles. The molecule has 1 aromatic carbocycles. The highest BCUT2D eigenvalue weighted by molar-refractivity contribution is 5.69. The van der Waals surface area contributed by atoms with Gasteiger partial charge in [0, 0.05) is 23.1 Å². The summed E-state index contributed by atoms with van der Waals surface area (Å²) >= 11 is 0. The van der Waals surface area contributed by atoms with E-state index >= 15 is 0 Å². The minimum absolute atomic E-state index is 0.0995. The van der Waals surface area contributed by atoms with Crippen molar-refractivity contribution in [2.45, 2.75) is 55.5 Å². The first-order chi connectivity index (χ1) is 12.2. The third-order valence-electron chi connectivity index (χ3n) is 8.76. The molecule has 3 aliphatic carbocycles. The zero-order valence-electron chi connectivity index (χ0n) is 15.2. The minimum atomic E-state index is 0.0995. The van der Waals surface area contributed by atoms with Crippen molar-refractivity contribution in [3.05, 3.63) is 42.2 Å². The Balaban J connectivity index is 1.65. The number of hydrogen-bond acceptors (Lipinski definition) is 3. The largest absolute Gasteiger partial charge is 0.501 e. The third kappa shape index (κ3) is 1.39. The Bertz CT molecular complexity index is 775. The Kier molecular flexibility index (Phi) is 2.60. The van der Waals surface area contributed by atoms with Gasteiger partial charge in [0.25, 0.3) is 0 Å². The van der Waals surface area contributed by atoms with Gasteiger partial charge in [-0.1, -0.05) is 24.8 Å². The summed E-state index contributed by atoms with van der Waals surface area (Å²) in [4.78, 5) is 2.85. The molecule has 7 rings (SSSR count). The lowest BCUT2D eigenvalue weighted by Crippen LogP contribution is -2.76. The first-order valence-electron chi connectivity index (χ1n) is 10.0. The van der Waals surface area contributed by atoms with Crippen LogP contribution in [-0.4, -0.2) is 36.7 Å². The number of benzene rings is 1. The highest BCUT2D eigenvalue weighted by Crippen LogP contribution is 2.74. The quantitative estimate of drug-likeness (QED) is 0.829. The first-order valence-corrected chi connectivity index (χ1v) is 10.0. The van der Waals surface area contributed by atoms with Gasteiger partial charge in [-0.3, -0.25) is 4.90 Å². The van der Waals surface area contributed by atoms with Crippen LogP contribution in [0.15, 0.2) is 36.6 Å². The third-order valence-corrected chi connectivity index (χ3v) is 8.76. The van der Waals surface area contributed by atoms with E-state index in [2.05, 4.69) is 41.1 Å². The fourth-order valence-corrected chi connectivity index (χ4v) is 8.13. The number of methoxy groups -OCH3 is 1. The van der Waals surface area contributed by atoms with Crippen LogP contribution in [0.1, 0.15) is 44.1 Å². The smallest absolute Gasteiger partial charge is 0.0938 e. The topological polar surface area (TPSA) is 24.5 Å². The molecule has 5 fully saturated rings. The summed E-state index contributed by atoms with van der Waals surface area (Å²) in [7, 11) is 1.81. The zero-order valence-corrected chi connectivity index (χ0v) is 15.2. The van der Waals surface area contributed by atoms with Crippen LogP contribution in [0.4, 0.5) is 5.69 Å². The second kappa shape index (κ2) is 4.43. The summed E-state index contributed by atoms with van der Waals surface area (Å²) in [5.41, 5.74) is 3.76. The molecule has 3 nitrogen and oxygen atoms in total. The van der Waals surface area contributed by atoms with Gasteiger partial charge >= 0.3 is 0 Å². The number of rotatable bonds is 2. The Labute approximate surface area is 150 Å². The number of nitrogens with one attached hydrogen (secondary N) is 1. The number of fused-ring (bicyclic) bond motifs is 3. The van der Waals surface area contributed by atoms with E-state index in [1.54, 1.807) is 5.56 Å². The summed E-state index contributed by atoms with van der Waals surface area (Å²) in [5, 5.41) is 4.08. The number of nitrogens with zero attached hydrogens (tertiary/aromatic N) is 1. The lowest BCUT2D eigenvalue weighted by molar-refractivity contribution is -0.128. The minimum Gasteiger partial charge on any atom is -0.501 e. The maximum atomic E-state index is 5.78. The predicted octanol–water partition coefficient (Wildman–Crippen LogP) is 3.92. The molecular formula is C22H28N2O. The van der Waals surface area contributed by atoms with Crippen molar-refractivity contribution in [3.8, 4) is 0 Å². The summed E-state index contributed by atoms with van der Waals surface area (Å²) < 4.78 is 5.78. The normalized spacial score (nSPS) is 46.1. The molecule has 3 saturated carbocycles. The molecule has 1 N–H and O–H groups in total. The van der Waals surface area contributed by atoms with Crippen LogP contribution in [0.5, 0.6) is 0 Å². The molecule has 3 aliphatic heterocycles. The van der Waals surface area contributed by atoms with Crippen molar-refractivity contribution in [1.29, 1.82) is 0 Å². The highest BCUT2D eigenvalue weighted by Gasteiger charge is 2.78. The summed E-state index contributed by atoms with van der Waals surface area (Å²) in [6.45, 7) is 6.93. The van der Waals surface area contributed by atoms with Crippen LogP contribution in [0.2, 0.25) is 0 Å². The van der Waals surface area contributed by atoms with Gasteiger partial charge in [-0.15, -0.1) is 0 Å². The van der Waals surface area contributed by atoms with Gasteiger partial charge in [0.1, 0.15) is 0 Å². The van der Waals surface area contributed by atoms with Crippen molar-refractivity contribution in [2.24, 2.45) is 11.3 Å². The number of piperidine rings is 1. The second-order valence-corrected chi connectivity index (χ2v) is 9.19. The molecule has 132 valence electrons. The van der Waals surface area contributed by atoms with Crippen LogP contribution >= 0.6 is 0 Å². The van der Waals surface area contributed by atoms with Crippen LogP contribution in [0, 0.1) is 11.3 Å². The number of ether oxygens (including phenoxy) is 1. The molecule has 0 aromatic heterocycles. The van der Waals surface area contributed by atoms with Crippen LogP contribution < -0.4 is 5.32 Å². The van der Waals surface area contributed by atoms with Crippen molar-refractivity contribution < 1.29 is 4.74 Å². The van der Waals surface area contributed by atoms with E-state index < -0.39 is 0 Å². The molecule has 6 aliphatic rings. The zero-order chi connectivity index (χ0) is 16.9. The van der Waals surface area contributed by atoms with Gasteiger partial charge in [0.2, 0.25) is 0 Å². The maximum absolute atomic E-state index is 5.78. The van der Waals surface area contributed by atoms with Crippen molar-refractivity contribution in [2.75, 3.05) is 25.5 Å². The van der Waals surface area contributed by atoms with Gasteiger partial charge in [0.05, 0.1) is 18.4 Å². The second-order valence-electron chi connectivity index (χ2n) is 9.19. The standard InChI is InChI=1S/C22H28N2O/c1-15(25-2)17-14-20-8-5-12-24-13-11-21(19(20)24)16-6-3-4-7-18(16)23-22(17,21)10-9-20/h3-4,6-7,17,19,23H,1,5,8-14H2,2H3/t17-,19+,20+,21+,22+/m0/s1. The molecule has 1 aromatic rings. The van der Waals surface area contributed by atoms with E-state index in [1.165, 1.54) is 57.3 Å². The van der Waals surface area contributed by atoms with E-state index in [9.17, 15) is 0 Å². The number of para-hydroxylation sites is 1. The number of anilines is 1. The van der Waals surface area contributed by atoms with E-state index in [-0.39, 0.29) is 11.0 Å². The van der Waals surface area contributed by atoms with Gasteiger partial charge in [-0.2, -0.15) is 0 Å². The van der Waals surface area contributed by atoms with Gasteiger partial charge < -0.3 is 10.1 Å². The average Bonchev–Trinajstić information content (AvgIpc) is 3.19. The monoisotopic (exact) mass is 336 g/mol. The molecule has 25 heavy (non-hydrogen) atoms. The SMILES string of the molecule is C=C(OC)[C@@H]1C[C@@]23CCCN4CC[C@@]5(c6ccccc6N[C@]15CC2)[C@H]43. The van der Waals surface area contributed by atoms with Gasteiger partial charge in [-0.05, 0) is 68.7 Å². The van der Waals surface area contributed by atoms with Crippen molar-refractivity contribution in [1.82, 2.24) is 4.90 Å². The van der Waals surface area contributed by atoms with Gasteiger partial charge in [0.15, 0.2) is 0 Å². The lowest BCUT2D eigenvalue weighted by atomic mass is 9.39. The molecule has 3 spiro atoms. The molecule has 3 heterocycles. The Hall–Kier alpha value is -1.48. The summed E-state index contributed by atoms with van der Waals surface area (Å²) in [6, 6.07) is 9.85. The average molecular weight is 336 g/mol. The van der Waals surface area contributed by atoms with Crippen molar-refractivity contribution >= 4 is 5.69 Å². The fourth-order valence-electron chi connectivity index (χ4n) is 8.13. The van der Waals surface area contributed by atoms with Crippen LogP contribution in [0.3, 0.4) is 0 Å². The van der Waals surface area contributed by atoms with E-state index in [0.717, 1.165) is 5.76 Å². The summed E-state index contributed by atoms with van der Waals surface area (Å²) in [5.74, 6) is 1.43. The molecule has 3 heteroatoms. The van der Waals surface area contributed by atoms with E-state index in [1.807, 2.05) is 7.11 Å². The molecule has 2 bridgehead atoms. The van der Waals surface area contributed by atoms with Crippen molar-refractivity contribution in [3.63, 3.8) is 0 Å². The maximum Gasteiger partial charge on any atom is 0.0938 e. The van der Waals surface area contributed by atoms with Crippen LogP contribution in [0.25, 0.3) is 0 Å². The molecule has 0 amide bonds. The molecule has 5 atom stereocenters. The Morgan fingerprint density at radius 1 is 1.20 bits per heavy atom. The van der Waals surface area contributed by atoms with Crippen LogP contribution in [-0.2, 0) is 10.2 Å². The van der Waals surface area contributed by atoms with E-state index in [0.29, 0.717) is 17.4 Å². The summed E-state index contributed by atoms with van der Waals surface area (Å²) in [6.07, 6.45) is 7.92. The van der Waals surface area contributed by atoms with E-state index in [4.69, 9.17) is 4.74 Å². The Morgan fingerprint density at radius 2 is 2.08 bits per heavy atom. The first kappa shape index (κ1) is 14.7. The molecular weight excluding hydrogens is 308 g/mol.